The summed E-state index contributed by atoms with van der Waals surface area (Å²) in [5.41, 5.74) is 2.44. The number of likely N-dealkylation sites (tertiary alicyclic amines) is 1. The molecule has 1 aliphatic heterocycles. The molecule has 3 rings (SSSR count). The summed E-state index contributed by atoms with van der Waals surface area (Å²) in [5, 5.41) is 6.93. The number of rotatable bonds is 7. The van der Waals surface area contributed by atoms with Gasteiger partial charge in [-0.1, -0.05) is 42.5 Å². The monoisotopic (exact) mass is 428 g/mol. The molecule has 0 radical (unpaired) electrons. The topological polar surface area (TPSA) is 73.8 Å². The van der Waals surface area contributed by atoms with Crippen molar-refractivity contribution >= 4 is 15.8 Å². The minimum atomic E-state index is -3.15. The summed E-state index contributed by atoms with van der Waals surface area (Å²) in [4.78, 5) is 7.21. The second-order valence-corrected chi connectivity index (χ2v) is 9.89. The van der Waals surface area contributed by atoms with Crippen molar-refractivity contribution in [2.45, 2.75) is 36.7 Å². The molecule has 1 heterocycles. The van der Waals surface area contributed by atoms with Gasteiger partial charge in [0.25, 0.3) is 0 Å². The van der Waals surface area contributed by atoms with E-state index in [2.05, 4.69) is 50.9 Å². The Morgan fingerprint density at radius 2 is 1.83 bits per heavy atom. The molecule has 0 aliphatic carbocycles. The standard InChI is InChI=1S/C23H32N4O2S/c1-24-23(25-15-14-19-10-12-22(13-11-19)30(2,28)29)26-21-9-6-16-27(18-21)17-20-7-4-3-5-8-20/h3-5,7-8,10-13,21H,6,9,14-18H2,1-2H3,(H2,24,25,26). The summed E-state index contributed by atoms with van der Waals surface area (Å²) in [6.07, 6.45) is 4.34. The van der Waals surface area contributed by atoms with Gasteiger partial charge in [-0.15, -0.1) is 0 Å². The van der Waals surface area contributed by atoms with Crippen molar-refractivity contribution in [3.63, 3.8) is 0 Å². The Morgan fingerprint density at radius 3 is 2.50 bits per heavy atom. The minimum Gasteiger partial charge on any atom is -0.356 e. The molecule has 1 unspecified atom stereocenters. The summed E-state index contributed by atoms with van der Waals surface area (Å²) in [7, 11) is -1.35. The largest absolute Gasteiger partial charge is 0.356 e. The number of piperidine rings is 1. The molecule has 2 aromatic carbocycles. The highest BCUT2D eigenvalue weighted by Crippen LogP contribution is 2.14. The van der Waals surface area contributed by atoms with Gasteiger partial charge >= 0.3 is 0 Å². The Morgan fingerprint density at radius 1 is 1.10 bits per heavy atom. The number of benzene rings is 2. The molecule has 2 N–H and O–H groups in total. The van der Waals surface area contributed by atoms with Crippen molar-refractivity contribution in [3.05, 3.63) is 65.7 Å². The number of hydrogen-bond donors (Lipinski definition) is 2. The van der Waals surface area contributed by atoms with Crippen molar-refractivity contribution in [1.82, 2.24) is 15.5 Å². The number of sulfone groups is 1. The van der Waals surface area contributed by atoms with Gasteiger partial charge in [-0.2, -0.15) is 0 Å². The molecule has 6 nitrogen and oxygen atoms in total. The highest BCUT2D eigenvalue weighted by molar-refractivity contribution is 7.90. The normalized spacial score (nSPS) is 18.2. The lowest BCUT2D eigenvalue weighted by Crippen LogP contribution is -2.51. The molecule has 0 bridgehead atoms. The lowest BCUT2D eigenvalue weighted by Gasteiger charge is -2.34. The van der Waals surface area contributed by atoms with E-state index in [1.54, 1.807) is 19.2 Å². The predicted octanol–water partition coefficient (Wildman–Crippen LogP) is 2.46. The average molecular weight is 429 g/mol. The summed E-state index contributed by atoms with van der Waals surface area (Å²) in [6.45, 7) is 3.85. The van der Waals surface area contributed by atoms with Crippen LogP contribution in [0.5, 0.6) is 0 Å². The summed E-state index contributed by atoms with van der Waals surface area (Å²) in [5.74, 6) is 0.814. The van der Waals surface area contributed by atoms with Gasteiger partial charge in [-0.05, 0) is 49.1 Å². The van der Waals surface area contributed by atoms with E-state index in [0.29, 0.717) is 10.9 Å². The van der Waals surface area contributed by atoms with Crippen molar-refractivity contribution in [3.8, 4) is 0 Å². The van der Waals surface area contributed by atoms with E-state index in [1.807, 2.05) is 12.1 Å². The molecule has 0 aromatic heterocycles. The quantitative estimate of drug-likeness (QED) is 0.524. The van der Waals surface area contributed by atoms with Crippen LogP contribution < -0.4 is 10.6 Å². The van der Waals surface area contributed by atoms with Gasteiger partial charge in [-0.3, -0.25) is 9.89 Å². The second-order valence-electron chi connectivity index (χ2n) is 7.87. The molecule has 1 saturated heterocycles. The van der Waals surface area contributed by atoms with Crippen LogP contribution in [0.1, 0.15) is 24.0 Å². The van der Waals surface area contributed by atoms with E-state index in [4.69, 9.17) is 0 Å². The fourth-order valence-corrected chi connectivity index (χ4v) is 4.41. The van der Waals surface area contributed by atoms with Crippen LogP contribution in [0.2, 0.25) is 0 Å². The first-order chi connectivity index (χ1) is 14.4. The highest BCUT2D eigenvalue weighted by Gasteiger charge is 2.20. The van der Waals surface area contributed by atoms with Gasteiger partial charge in [0.05, 0.1) is 4.90 Å². The van der Waals surface area contributed by atoms with Gasteiger partial charge in [0.1, 0.15) is 0 Å². The summed E-state index contributed by atoms with van der Waals surface area (Å²) >= 11 is 0. The summed E-state index contributed by atoms with van der Waals surface area (Å²) in [6, 6.07) is 18.1. The van der Waals surface area contributed by atoms with Crippen LogP contribution in [0.4, 0.5) is 0 Å². The van der Waals surface area contributed by atoms with Crippen molar-refractivity contribution in [2.24, 2.45) is 4.99 Å². The maximum Gasteiger partial charge on any atom is 0.191 e. The third-order valence-corrected chi connectivity index (χ3v) is 6.51. The van der Waals surface area contributed by atoms with Crippen molar-refractivity contribution < 1.29 is 8.42 Å². The van der Waals surface area contributed by atoms with Crippen LogP contribution in [-0.4, -0.2) is 58.3 Å². The third-order valence-electron chi connectivity index (χ3n) is 5.38. The number of hydrogen-bond acceptors (Lipinski definition) is 4. The molecule has 2 aromatic rings. The second kappa shape index (κ2) is 10.6. The number of nitrogens with one attached hydrogen (secondary N) is 2. The zero-order chi connectivity index (χ0) is 21.4. The SMILES string of the molecule is CN=C(NCCc1ccc(S(C)(=O)=O)cc1)NC1CCCN(Cc2ccccc2)C1. The highest BCUT2D eigenvalue weighted by atomic mass is 32.2. The molecule has 7 heteroatoms. The fourth-order valence-electron chi connectivity index (χ4n) is 3.78. The molecule has 0 amide bonds. The minimum absolute atomic E-state index is 0.356. The van der Waals surface area contributed by atoms with Crippen LogP contribution in [-0.2, 0) is 22.8 Å². The van der Waals surface area contributed by atoms with E-state index in [-0.39, 0.29) is 0 Å². The Labute approximate surface area is 180 Å². The Hall–Kier alpha value is -2.38. The third kappa shape index (κ3) is 6.85. The van der Waals surface area contributed by atoms with Crippen LogP contribution in [0.25, 0.3) is 0 Å². The number of aliphatic imine (C=N–C) groups is 1. The molecule has 0 spiro atoms. The lowest BCUT2D eigenvalue weighted by atomic mass is 10.0. The van der Waals surface area contributed by atoms with Crippen LogP contribution >= 0.6 is 0 Å². The zero-order valence-corrected chi connectivity index (χ0v) is 18.7. The van der Waals surface area contributed by atoms with Gasteiger partial charge in [-0.25, -0.2) is 8.42 Å². The van der Waals surface area contributed by atoms with Crippen LogP contribution in [0, 0.1) is 0 Å². The zero-order valence-electron chi connectivity index (χ0n) is 17.8. The first-order valence-corrected chi connectivity index (χ1v) is 12.4. The average Bonchev–Trinajstić information content (AvgIpc) is 2.74. The molecular formula is C23H32N4O2S. The fraction of sp³-hybridized carbons (Fsp3) is 0.435. The predicted molar refractivity (Wildman–Crippen MR) is 122 cm³/mol. The van der Waals surface area contributed by atoms with Gasteiger partial charge in [0.2, 0.25) is 0 Å². The van der Waals surface area contributed by atoms with Crippen molar-refractivity contribution in [2.75, 3.05) is 32.9 Å². The summed E-state index contributed by atoms with van der Waals surface area (Å²) < 4.78 is 23.1. The van der Waals surface area contributed by atoms with Gasteiger partial charge in [0, 0.05) is 39.0 Å². The molecular weight excluding hydrogens is 396 g/mol. The first kappa shape index (κ1) is 22.3. The lowest BCUT2D eigenvalue weighted by molar-refractivity contribution is 0.192. The first-order valence-electron chi connectivity index (χ1n) is 10.5. The Kier molecular flexibility index (Phi) is 7.87. The van der Waals surface area contributed by atoms with Crippen LogP contribution in [0.15, 0.2) is 64.5 Å². The van der Waals surface area contributed by atoms with E-state index in [9.17, 15) is 8.42 Å². The maximum absolute atomic E-state index is 11.6. The van der Waals surface area contributed by atoms with E-state index >= 15 is 0 Å². The van der Waals surface area contributed by atoms with Crippen LogP contribution in [0.3, 0.4) is 0 Å². The van der Waals surface area contributed by atoms with E-state index < -0.39 is 9.84 Å². The Bertz CT molecular complexity index is 927. The van der Waals surface area contributed by atoms with Gasteiger partial charge in [0.15, 0.2) is 15.8 Å². The molecule has 1 aliphatic rings. The van der Waals surface area contributed by atoms with Crippen molar-refractivity contribution in [1.29, 1.82) is 0 Å². The molecule has 1 atom stereocenters. The molecule has 30 heavy (non-hydrogen) atoms. The van der Waals surface area contributed by atoms with Gasteiger partial charge < -0.3 is 10.6 Å². The maximum atomic E-state index is 11.6. The van der Waals surface area contributed by atoms with E-state index in [1.165, 1.54) is 18.2 Å². The number of guanidine groups is 1. The molecule has 0 saturated carbocycles. The molecule has 1 fully saturated rings. The smallest absolute Gasteiger partial charge is 0.191 e. The Balaban J connectivity index is 1.45. The molecule has 162 valence electrons. The number of nitrogens with zero attached hydrogens (tertiary/aromatic N) is 2. The van der Waals surface area contributed by atoms with E-state index in [0.717, 1.165) is 50.5 Å².